The Morgan fingerprint density at radius 3 is 2.14 bits per heavy atom. The summed E-state index contributed by atoms with van der Waals surface area (Å²) in [5, 5.41) is 0. The maximum Gasteiger partial charge on any atom is 0.306 e. The number of benzene rings is 2. The standard InChI is InChI=1S/C29H33N3O5/c1-29(2,3)37-26(33)17-20-13-15-32(16-14-20)21-18-25(27(30)34)28(31-19-21)36-24-11-9-23(10-12-24)35-22-7-5-4-6-8-22/h4-12,18-20H,13-17H2,1-3H3,(H2,30,34). The molecule has 0 unspecified atom stereocenters. The maximum absolute atomic E-state index is 12.2. The minimum Gasteiger partial charge on any atom is -0.460 e. The van der Waals surface area contributed by atoms with Gasteiger partial charge in [0, 0.05) is 19.5 Å². The number of carbonyl (C=O) groups is 2. The Bertz CT molecular complexity index is 1210. The fraction of sp³-hybridized carbons (Fsp3) is 0.345. The number of nitrogens with two attached hydrogens (primary N) is 1. The Hall–Kier alpha value is -4.07. The van der Waals surface area contributed by atoms with Crippen molar-refractivity contribution in [2.45, 2.75) is 45.6 Å². The second-order valence-corrected chi connectivity index (χ2v) is 10.1. The molecule has 8 heteroatoms. The number of aromatic nitrogens is 1. The van der Waals surface area contributed by atoms with Crippen molar-refractivity contribution < 1.29 is 23.8 Å². The summed E-state index contributed by atoms with van der Waals surface area (Å²) in [6.45, 7) is 7.12. The zero-order valence-corrected chi connectivity index (χ0v) is 21.5. The van der Waals surface area contributed by atoms with Gasteiger partial charge in [-0.25, -0.2) is 4.98 Å². The first-order valence-electron chi connectivity index (χ1n) is 12.4. The number of carbonyl (C=O) groups excluding carboxylic acids is 2. The van der Waals surface area contributed by atoms with Crippen LogP contribution in [0.2, 0.25) is 0 Å². The van der Waals surface area contributed by atoms with Crippen LogP contribution in [-0.4, -0.2) is 35.6 Å². The Balaban J connectivity index is 1.37. The van der Waals surface area contributed by atoms with E-state index in [4.69, 9.17) is 19.9 Å². The molecule has 2 aromatic carbocycles. The van der Waals surface area contributed by atoms with Gasteiger partial charge in [0.1, 0.15) is 28.4 Å². The molecule has 2 N–H and O–H groups in total. The fourth-order valence-electron chi connectivity index (χ4n) is 4.20. The van der Waals surface area contributed by atoms with Gasteiger partial charge < -0.3 is 24.8 Å². The van der Waals surface area contributed by atoms with Crippen LogP contribution in [0.1, 0.15) is 50.4 Å². The summed E-state index contributed by atoms with van der Waals surface area (Å²) in [6, 6.07) is 18.2. The average molecular weight is 504 g/mol. The minimum absolute atomic E-state index is 0.146. The monoisotopic (exact) mass is 503 g/mol. The molecule has 1 fully saturated rings. The number of amides is 1. The highest BCUT2D eigenvalue weighted by atomic mass is 16.6. The lowest BCUT2D eigenvalue weighted by molar-refractivity contribution is -0.156. The molecule has 3 aromatic rings. The number of hydrogen-bond donors (Lipinski definition) is 1. The van der Waals surface area contributed by atoms with Gasteiger partial charge in [-0.3, -0.25) is 9.59 Å². The first-order valence-corrected chi connectivity index (χ1v) is 12.4. The number of rotatable bonds is 8. The van der Waals surface area contributed by atoms with Gasteiger partial charge >= 0.3 is 5.97 Å². The number of ether oxygens (including phenoxy) is 3. The van der Waals surface area contributed by atoms with E-state index in [2.05, 4.69) is 9.88 Å². The van der Waals surface area contributed by atoms with Crippen LogP contribution in [0, 0.1) is 5.92 Å². The number of para-hydroxylation sites is 1. The van der Waals surface area contributed by atoms with Gasteiger partial charge in [0.05, 0.1) is 11.9 Å². The lowest BCUT2D eigenvalue weighted by atomic mass is 9.93. The zero-order valence-electron chi connectivity index (χ0n) is 21.5. The summed E-state index contributed by atoms with van der Waals surface area (Å²) in [6.07, 6.45) is 3.79. The third-order valence-electron chi connectivity index (χ3n) is 5.97. The predicted molar refractivity (Wildman–Crippen MR) is 141 cm³/mol. The molecule has 1 aliphatic heterocycles. The van der Waals surface area contributed by atoms with Crippen molar-refractivity contribution in [1.82, 2.24) is 4.98 Å². The summed E-state index contributed by atoms with van der Waals surface area (Å²) in [4.78, 5) is 30.9. The molecule has 37 heavy (non-hydrogen) atoms. The summed E-state index contributed by atoms with van der Waals surface area (Å²) >= 11 is 0. The number of hydrogen-bond acceptors (Lipinski definition) is 7. The van der Waals surface area contributed by atoms with Gasteiger partial charge in [-0.2, -0.15) is 0 Å². The molecule has 0 radical (unpaired) electrons. The molecule has 1 amide bonds. The fourth-order valence-corrected chi connectivity index (χ4v) is 4.20. The zero-order chi connectivity index (χ0) is 26.4. The molecule has 0 bridgehead atoms. The smallest absolute Gasteiger partial charge is 0.306 e. The SMILES string of the molecule is CC(C)(C)OC(=O)CC1CCN(c2cnc(Oc3ccc(Oc4ccccc4)cc3)c(C(N)=O)c2)CC1. The number of pyridine rings is 1. The summed E-state index contributed by atoms with van der Waals surface area (Å²) in [5.74, 6) is 1.54. The first-order chi connectivity index (χ1) is 17.7. The molecule has 0 aliphatic carbocycles. The first kappa shape index (κ1) is 26.0. The number of primary amides is 1. The molecule has 1 aliphatic rings. The lowest BCUT2D eigenvalue weighted by Gasteiger charge is -2.33. The van der Waals surface area contributed by atoms with E-state index in [0.717, 1.165) is 37.4 Å². The summed E-state index contributed by atoms with van der Waals surface area (Å²) in [7, 11) is 0. The van der Waals surface area contributed by atoms with Crippen molar-refractivity contribution in [3.8, 4) is 23.1 Å². The third kappa shape index (κ3) is 7.46. The van der Waals surface area contributed by atoms with Crippen LogP contribution in [0.3, 0.4) is 0 Å². The summed E-state index contributed by atoms with van der Waals surface area (Å²) < 4.78 is 17.1. The molecular weight excluding hydrogens is 470 g/mol. The van der Waals surface area contributed by atoms with Crippen LogP contribution in [0.5, 0.6) is 23.1 Å². The Morgan fingerprint density at radius 1 is 0.946 bits per heavy atom. The van der Waals surface area contributed by atoms with E-state index in [1.165, 1.54) is 0 Å². The average Bonchev–Trinajstić information content (AvgIpc) is 2.85. The van der Waals surface area contributed by atoms with Gasteiger partial charge in [-0.05, 0) is 82.0 Å². The normalized spacial score (nSPS) is 14.2. The molecule has 1 saturated heterocycles. The second-order valence-electron chi connectivity index (χ2n) is 10.1. The topological polar surface area (TPSA) is 104 Å². The van der Waals surface area contributed by atoms with E-state index in [9.17, 15) is 9.59 Å². The van der Waals surface area contributed by atoms with E-state index in [1.54, 1.807) is 36.5 Å². The largest absolute Gasteiger partial charge is 0.460 e. The number of nitrogens with zero attached hydrogens (tertiary/aromatic N) is 2. The molecule has 194 valence electrons. The quantitative estimate of drug-likeness (QED) is 0.392. The Labute approximate surface area is 217 Å². The van der Waals surface area contributed by atoms with Crippen LogP contribution in [0.4, 0.5) is 5.69 Å². The number of piperidine rings is 1. The number of esters is 1. The van der Waals surface area contributed by atoms with Gasteiger partial charge in [0.15, 0.2) is 0 Å². The lowest BCUT2D eigenvalue weighted by Crippen LogP contribution is -2.35. The van der Waals surface area contributed by atoms with Crippen molar-refractivity contribution in [3.63, 3.8) is 0 Å². The van der Waals surface area contributed by atoms with E-state index in [1.807, 2.05) is 51.1 Å². The second kappa shape index (κ2) is 11.3. The van der Waals surface area contributed by atoms with Gasteiger partial charge in [0.2, 0.25) is 5.88 Å². The van der Waals surface area contributed by atoms with E-state index in [-0.39, 0.29) is 23.3 Å². The molecule has 1 aromatic heterocycles. The summed E-state index contributed by atoms with van der Waals surface area (Å²) in [5.41, 5.74) is 6.18. The molecule has 0 saturated carbocycles. The third-order valence-corrected chi connectivity index (χ3v) is 5.97. The number of anilines is 1. The van der Waals surface area contributed by atoms with Crippen LogP contribution >= 0.6 is 0 Å². The molecule has 2 heterocycles. The van der Waals surface area contributed by atoms with Crippen LogP contribution in [0.25, 0.3) is 0 Å². The highest BCUT2D eigenvalue weighted by molar-refractivity contribution is 5.96. The van der Waals surface area contributed by atoms with E-state index >= 15 is 0 Å². The molecule has 4 rings (SSSR count). The van der Waals surface area contributed by atoms with Crippen LogP contribution in [0.15, 0.2) is 66.9 Å². The van der Waals surface area contributed by atoms with Crippen LogP contribution < -0.4 is 20.1 Å². The molecule has 0 atom stereocenters. The highest BCUT2D eigenvalue weighted by Gasteiger charge is 2.25. The van der Waals surface area contributed by atoms with Gasteiger partial charge in [-0.15, -0.1) is 0 Å². The van der Waals surface area contributed by atoms with Crippen molar-refractivity contribution in [2.24, 2.45) is 11.7 Å². The van der Waals surface area contributed by atoms with Crippen molar-refractivity contribution in [2.75, 3.05) is 18.0 Å². The Morgan fingerprint density at radius 2 is 1.54 bits per heavy atom. The van der Waals surface area contributed by atoms with E-state index < -0.39 is 11.5 Å². The maximum atomic E-state index is 12.2. The van der Waals surface area contributed by atoms with Crippen molar-refractivity contribution in [1.29, 1.82) is 0 Å². The van der Waals surface area contributed by atoms with Crippen molar-refractivity contribution in [3.05, 3.63) is 72.4 Å². The molecule has 0 spiro atoms. The Kier molecular flexibility index (Phi) is 7.96. The van der Waals surface area contributed by atoms with Crippen LogP contribution in [-0.2, 0) is 9.53 Å². The van der Waals surface area contributed by atoms with E-state index in [0.29, 0.717) is 17.9 Å². The highest BCUT2D eigenvalue weighted by Crippen LogP contribution is 2.31. The van der Waals surface area contributed by atoms with Crippen molar-refractivity contribution >= 4 is 17.6 Å². The molecular formula is C29H33N3O5. The molecule has 8 nitrogen and oxygen atoms in total. The predicted octanol–water partition coefficient (Wildman–Crippen LogP) is 5.71. The van der Waals surface area contributed by atoms with Gasteiger partial charge in [-0.1, -0.05) is 18.2 Å². The minimum atomic E-state index is -0.617. The van der Waals surface area contributed by atoms with Gasteiger partial charge in [0.25, 0.3) is 5.91 Å².